The van der Waals surface area contributed by atoms with Crippen molar-refractivity contribution in [1.29, 1.82) is 0 Å². The van der Waals surface area contributed by atoms with Gasteiger partial charge >= 0.3 is 12.4 Å². The molecule has 0 aliphatic carbocycles. The normalized spacial score (nSPS) is 14.5. The van der Waals surface area contributed by atoms with Crippen molar-refractivity contribution in [2.45, 2.75) is 39.3 Å². The fraction of sp³-hybridized carbons (Fsp3) is 0.286. The summed E-state index contributed by atoms with van der Waals surface area (Å²) in [5.74, 6) is 7.27. The number of hydrogen-bond acceptors (Lipinski definition) is 12. The topological polar surface area (TPSA) is 157 Å². The molecule has 8 heterocycles. The summed E-state index contributed by atoms with van der Waals surface area (Å²) in [6.45, 7) is 9.96. The number of alkyl halides is 6. The van der Waals surface area contributed by atoms with Gasteiger partial charge in [-0.3, -0.25) is 29.4 Å². The number of pyridine rings is 2. The van der Waals surface area contributed by atoms with Crippen LogP contribution in [0.4, 0.5) is 37.7 Å². The molecule has 79 heavy (non-hydrogen) atoms. The van der Waals surface area contributed by atoms with E-state index >= 15 is 0 Å². The largest absolute Gasteiger partial charge is 0.416 e. The van der Waals surface area contributed by atoms with E-state index in [-0.39, 0.29) is 46.7 Å². The predicted molar refractivity (Wildman–Crippen MR) is 290 cm³/mol. The van der Waals surface area contributed by atoms with Gasteiger partial charge in [0, 0.05) is 113 Å². The standard InChI is InChI=1S/C28H26F3N7O.C22H23F3N4O.C6H4BrN3/c1-19-20(6-8-24-17-33-26-4-3-9-34-38(24)26)14-22(16-32-19)27(39)35-23-7-5-21(25(15-23)28(29,30)31)18-37-12-10-36(2)11-13-37;1-4-16-11-18(13-26-15(16)2)21(30)27-19-6-5-17(20(12-19)22(23,24)25)14-29-9-7-28(3)8-10-29;7-5-4-8-6-2-1-3-9-10(5)6/h3-5,7,9,14-17H,10-13,18H2,1-2H3,(H,35,39);1,5-6,11-13H,7-10,14H2,2-3H3,(H,27,30);1-4H. The molecule has 8 aromatic rings. The highest BCUT2D eigenvalue weighted by atomic mass is 79.9. The van der Waals surface area contributed by atoms with Crippen LogP contribution in [0.25, 0.3) is 11.3 Å². The van der Waals surface area contributed by atoms with E-state index in [0.29, 0.717) is 60.0 Å². The molecule has 0 radical (unpaired) electrons. The molecule has 10 rings (SSSR count). The number of piperazine rings is 2. The molecule has 0 bridgehead atoms. The summed E-state index contributed by atoms with van der Waals surface area (Å²) >= 11 is 3.30. The number of amides is 2. The van der Waals surface area contributed by atoms with Gasteiger partial charge < -0.3 is 20.4 Å². The second-order valence-corrected chi connectivity index (χ2v) is 19.5. The minimum Gasteiger partial charge on any atom is -0.322 e. The molecule has 2 amide bonds. The van der Waals surface area contributed by atoms with Gasteiger partial charge in [-0.05, 0) is 122 Å². The molecule has 0 atom stereocenters. The van der Waals surface area contributed by atoms with E-state index in [1.807, 2.05) is 36.0 Å². The molecule has 0 spiro atoms. The summed E-state index contributed by atoms with van der Waals surface area (Å²) in [7, 11) is 3.99. The Labute approximate surface area is 460 Å². The first-order valence-corrected chi connectivity index (χ1v) is 25.5. The van der Waals surface area contributed by atoms with Crippen LogP contribution in [-0.2, 0) is 25.4 Å². The quantitative estimate of drug-likeness (QED) is 0.110. The SMILES string of the molecule is Brc1cnc2cccnn12.C#Cc1cc(C(=O)Nc2ccc(CN3CCN(C)CC3)c(C(F)(F)F)c2)cnc1C.Cc1ncc(C(=O)Nc2ccc(CN3CCN(C)CC3)c(C(F)(F)F)c2)cc1C#Cc1cnc2cccnn12. The molecule has 2 fully saturated rings. The molecule has 6 aromatic heterocycles. The van der Waals surface area contributed by atoms with Crippen LogP contribution >= 0.6 is 15.9 Å². The zero-order valence-electron chi connectivity index (χ0n) is 43.4. The van der Waals surface area contributed by atoms with Gasteiger partial charge in [-0.25, -0.2) is 19.0 Å². The van der Waals surface area contributed by atoms with Crippen LogP contribution in [-0.4, -0.2) is 137 Å². The third kappa shape index (κ3) is 15.0. The van der Waals surface area contributed by atoms with Crippen molar-refractivity contribution in [3.63, 3.8) is 0 Å². The van der Waals surface area contributed by atoms with Gasteiger partial charge in [0.15, 0.2) is 11.3 Å². The third-order valence-corrected chi connectivity index (χ3v) is 13.6. The maximum Gasteiger partial charge on any atom is 0.416 e. The van der Waals surface area contributed by atoms with E-state index < -0.39 is 35.3 Å². The highest BCUT2D eigenvalue weighted by Crippen LogP contribution is 2.36. The Kier molecular flexibility index (Phi) is 18.2. The lowest BCUT2D eigenvalue weighted by Crippen LogP contribution is -2.44. The number of benzene rings is 2. The fourth-order valence-corrected chi connectivity index (χ4v) is 8.82. The number of nitrogens with one attached hydrogen (secondary N) is 2. The average molecular weight is 1150 g/mol. The number of anilines is 2. The first-order valence-electron chi connectivity index (χ1n) is 24.7. The molecular formula is C56H53BrF6N14O2. The number of nitrogens with zero attached hydrogens (tertiary/aromatic N) is 12. The van der Waals surface area contributed by atoms with E-state index in [2.05, 4.69) is 84.3 Å². The summed E-state index contributed by atoms with van der Waals surface area (Å²) < 4.78 is 87.0. The number of imidazole rings is 2. The minimum absolute atomic E-state index is 0.0551. The van der Waals surface area contributed by atoms with Gasteiger partial charge in [-0.2, -0.15) is 36.5 Å². The van der Waals surface area contributed by atoms with Crippen molar-refractivity contribution in [3.05, 3.63) is 176 Å². The van der Waals surface area contributed by atoms with Crippen LogP contribution in [0.15, 0.2) is 115 Å². The van der Waals surface area contributed by atoms with Crippen LogP contribution in [0.1, 0.15) is 71.2 Å². The zero-order valence-corrected chi connectivity index (χ0v) is 45.0. The van der Waals surface area contributed by atoms with Crippen molar-refractivity contribution in [3.8, 4) is 24.2 Å². The van der Waals surface area contributed by atoms with Gasteiger partial charge in [-0.15, -0.1) is 6.42 Å². The number of carbonyl (C=O) groups excluding carboxylic acids is 2. The number of likely N-dealkylation sites (N-methyl/N-ethyl adjacent to an activating group) is 2. The van der Waals surface area contributed by atoms with Crippen LogP contribution in [0, 0.1) is 38.0 Å². The van der Waals surface area contributed by atoms with Crippen LogP contribution in [0.3, 0.4) is 0 Å². The van der Waals surface area contributed by atoms with Crippen molar-refractivity contribution in [2.75, 3.05) is 77.1 Å². The Hall–Kier alpha value is -8.06. The van der Waals surface area contributed by atoms with Crippen LogP contribution in [0.5, 0.6) is 0 Å². The molecule has 2 aliphatic rings. The number of fused-ring (bicyclic) bond motifs is 2. The number of halogens is 7. The number of terminal acetylenes is 1. The van der Waals surface area contributed by atoms with E-state index in [1.54, 1.807) is 65.9 Å². The molecule has 2 N–H and O–H groups in total. The minimum atomic E-state index is -4.55. The van der Waals surface area contributed by atoms with Crippen LogP contribution in [0.2, 0.25) is 0 Å². The maximum absolute atomic E-state index is 13.9. The Bertz CT molecular complexity index is 3590. The lowest BCUT2D eigenvalue weighted by Gasteiger charge is -2.33. The molecule has 2 aliphatic heterocycles. The smallest absolute Gasteiger partial charge is 0.322 e. The lowest BCUT2D eigenvalue weighted by molar-refractivity contribution is -0.139. The number of carbonyl (C=O) groups is 2. The molecule has 0 saturated carbocycles. The van der Waals surface area contributed by atoms with Gasteiger partial charge in [0.05, 0.1) is 46.0 Å². The zero-order chi connectivity index (χ0) is 56.4. The Morgan fingerprint density at radius 3 is 1.53 bits per heavy atom. The first kappa shape index (κ1) is 57.1. The Balaban J connectivity index is 0.000000180. The predicted octanol–water partition coefficient (Wildman–Crippen LogP) is 8.73. The van der Waals surface area contributed by atoms with Crippen molar-refractivity contribution < 1.29 is 35.9 Å². The summed E-state index contributed by atoms with van der Waals surface area (Å²) in [6, 6.07) is 18.2. The van der Waals surface area contributed by atoms with Gasteiger partial charge in [0.25, 0.3) is 11.8 Å². The fourth-order valence-electron chi connectivity index (χ4n) is 8.45. The van der Waals surface area contributed by atoms with Crippen LogP contribution < -0.4 is 10.6 Å². The molecule has 408 valence electrons. The van der Waals surface area contributed by atoms with Crippen molar-refractivity contribution >= 4 is 50.4 Å². The molecule has 0 unspecified atom stereocenters. The van der Waals surface area contributed by atoms with E-state index in [9.17, 15) is 35.9 Å². The highest BCUT2D eigenvalue weighted by molar-refractivity contribution is 9.10. The average Bonchev–Trinajstić information content (AvgIpc) is 4.06. The molecule has 23 heteroatoms. The van der Waals surface area contributed by atoms with E-state index in [1.165, 1.54) is 42.7 Å². The second-order valence-electron chi connectivity index (χ2n) is 18.7. The van der Waals surface area contributed by atoms with Crippen molar-refractivity contribution in [1.82, 2.24) is 58.8 Å². The summed E-state index contributed by atoms with van der Waals surface area (Å²) in [5.41, 5.74) is 3.60. The summed E-state index contributed by atoms with van der Waals surface area (Å²) in [5, 5.41) is 13.4. The van der Waals surface area contributed by atoms with E-state index in [0.717, 1.165) is 48.6 Å². The molecular weight excluding hydrogens is 1090 g/mol. The first-order chi connectivity index (χ1) is 37.7. The second kappa shape index (κ2) is 25.2. The van der Waals surface area contributed by atoms with Gasteiger partial charge in [-0.1, -0.05) is 24.0 Å². The lowest BCUT2D eigenvalue weighted by atomic mass is 10.0. The van der Waals surface area contributed by atoms with Gasteiger partial charge in [0.2, 0.25) is 0 Å². The van der Waals surface area contributed by atoms with Crippen molar-refractivity contribution in [2.24, 2.45) is 0 Å². The number of aromatic nitrogens is 8. The van der Waals surface area contributed by atoms with Gasteiger partial charge in [0.1, 0.15) is 10.3 Å². The monoisotopic (exact) mass is 1150 g/mol. The maximum atomic E-state index is 13.9. The Morgan fingerprint density at radius 1 is 0.595 bits per heavy atom. The third-order valence-electron chi connectivity index (χ3n) is 13.0. The summed E-state index contributed by atoms with van der Waals surface area (Å²) in [4.78, 5) is 50.4. The number of rotatable bonds is 8. The molecule has 16 nitrogen and oxygen atoms in total. The molecule has 2 aromatic carbocycles. The van der Waals surface area contributed by atoms with E-state index in [4.69, 9.17) is 6.42 Å². The number of aryl methyl sites for hydroxylation is 2. The number of hydrogen-bond donors (Lipinski definition) is 2. The highest BCUT2D eigenvalue weighted by Gasteiger charge is 2.36. The Morgan fingerprint density at radius 2 is 1.05 bits per heavy atom. The summed E-state index contributed by atoms with van der Waals surface area (Å²) in [6.07, 6.45) is 5.70. The molecule has 2 saturated heterocycles.